The lowest BCUT2D eigenvalue weighted by molar-refractivity contribution is 0.0955. The van der Waals surface area contributed by atoms with Crippen molar-refractivity contribution < 1.29 is 9.53 Å². The zero-order valence-corrected chi connectivity index (χ0v) is 19.9. The largest absolute Gasteiger partial charge is 0.495 e. The predicted octanol–water partition coefficient (Wildman–Crippen LogP) is 3.20. The maximum absolute atomic E-state index is 12.2. The molecule has 180 valence electrons. The third-order valence-corrected chi connectivity index (χ3v) is 6.87. The summed E-state index contributed by atoms with van der Waals surface area (Å²) in [6.07, 6.45) is 9.60. The van der Waals surface area contributed by atoms with Crippen molar-refractivity contribution in [2.45, 2.75) is 64.2 Å². The third-order valence-electron chi connectivity index (χ3n) is 6.87. The summed E-state index contributed by atoms with van der Waals surface area (Å²) in [5, 5.41) is 10.5. The van der Waals surface area contributed by atoms with E-state index >= 15 is 0 Å². The quantitative estimate of drug-likeness (QED) is 0.574. The second-order valence-corrected chi connectivity index (χ2v) is 8.85. The van der Waals surface area contributed by atoms with Crippen molar-refractivity contribution in [2.24, 2.45) is 5.10 Å². The lowest BCUT2D eigenvalue weighted by Gasteiger charge is -2.47. The topological polar surface area (TPSA) is 107 Å². The van der Waals surface area contributed by atoms with Crippen LogP contribution in [-0.4, -0.2) is 54.1 Å². The molecule has 2 unspecified atom stereocenters. The van der Waals surface area contributed by atoms with Crippen LogP contribution >= 0.6 is 0 Å². The summed E-state index contributed by atoms with van der Waals surface area (Å²) >= 11 is 0. The van der Waals surface area contributed by atoms with E-state index in [0.29, 0.717) is 35.5 Å². The van der Waals surface area contributed by atoms with Crippen molar-refractivity contribution in [3.05, 3.63) is 30.0 Å². The van der Waals surface area contributed by atoms with Gasteiger partial charge in [0.15, 0.2) is 5.82 Å². The number of rotatable bonds is 7. The van der Waals surface area contributed by atoms with Crippen LogP contribution in [0.4, 0.5) is 23.1 Å². The molecule has 1 aromatic heterocycles. The van der Waals surface area contributed by atoms with Gasteiger partial charge in [-0.15, -0.1) is 0 Å². The summed E-state index contributed by atoms with van der Waals surface area (Å²) in [5.41, 5.74) is 5.48. The molecule has 1 amide bonds. The van der Waals surface area contributed by atoms with Crippen molar-refractivity contribution in [3.63, 3.8) is 0 Å². The van der Waals surface area contributed by atoms with Crippen molar-refractivity contribution >= 4 is 35.4 Å². The third kappa shape index (κ3) is 3.86. The molecule has 5 rings (SSSR count). The van der Waals surface area contributed by atoms with E-state index in [4.69, 9.17) is 9.72 Å². The van der Waals surface area contributed by atoms with Gasteiger partial charge < -0.3 is 25.2 Å². The molecular weight excluding hydrogens is 432 g/mol. The van der Waals surface area contributed by atoms with E-state index in [0.717, 1.165) is 17.9 Å². The van der Waals surface area contributed by atoms with Gasteiger partial charge in [0.05, 0.1) is 25.0 Å². The number of methoxy groups -OCH3 is 1. The van der Waals surface area contributed by atoms with Gasteiger partial charge in [0.1, 0.15) is 23.9 Å². The van der Waals surface area contributed by atoms with E-state index in [9.17, 15) is 4.79 Å². The fourth-order valence-electron chi connectivity index (χ4n) is 5.26. The summed E-state index contributed by atoms with van der Waals surface area (Å²) in [6.45, 7) is 4.68. The lowest BCUT2D eigenvalue weighted by atomic mass is 10.0. The standard InChI is InChI=1S/C24H32N8O2/c1-4-18-22-30-27-14-31(22)19-13-26-24(29-21(19)32(18)16-8-6-7-9-16)28-17-11-10-15(12-20(17)34-3)23(33)25-5-2/h10-14,16,18,22,30H,4-9H2,1-3H3,(H,25,33)(H,26,28,29). The maximum Gasteiger partial charge on any atom is 0.251 e. The number of amides is 1. The zero-order valence-electron chi connectivity index (χ0n) is 19.9. The fraction of sp³-hybridized carbons (Fsp3) is 0.500. The van der Waals surface area contributed by atoms with Crippen LogP contribution in [0.5, 0.6) is 5.75 Å². The molecule has 3 aliphatic rings. The number of hydrazone groups is 1. The highest BCUT2D eigenvalue weighted by Gasteiger charge is 2.44. The van der Waals surface area contributed by atoms with Gasteiger partial charge in [-0.1, -0.05) is 19.8 Å². The number of hydrogen-bond acceptors (Lipinski definition) is 9. The van der Waals surface area contributed by atoms with Crippen molar-refractivity contribution in [3.8, 4) is 5.75 Å². The van der Waals surface area contributed by atoms with E-state index in [1.54, 1.807) is 19.2 Å². The Bertz CT molecular complexity index is 1080. The molecule has 1 saturated carbocycles. The molecule has 1 fully saturated rings. The van der Waals surface area contributed by atoms with Crippen LogP contribution in [0.25, 0.3) is 0 Å². The molecule has 2 atom stereocenters. The van der Waals surface area contributed by atoms with Gasteiger partial charge in [0.2, 0.25) is 5.95 Å². The molecule has 3 N–H and O–H groups in total. The van der Waals surface area contributed by atoms with Gasteiger partial charge in [0, 0.05) is 18.2 Å². The monoisotopic (exact) mass is 464 g/mol. The average Bonchev–Trinajstić information content (AvgIpc) is 3.56. The summed E-state index contributed by atoms with van der Waals surface area (Å²) in [7, 11) is 1.59. The number of anilines is 4. The van der Waals surface area contributed by atoms with Gasteiger partial charge in [-0.05, 0) is 44.4 Å². The van der Waals surface area contributed by atoms with Crippen LogP contribution in [0.3, 0.4) is 0 Å². The maximum atomic E-state index is 12.2. The molecule has 0 bridgehead atoms. The minimum atomic E-state index is -0.134. The number of aromatic nitrogens is 2. The molecule has 10 nitrogen and oxygen atoms in total. The van der Waals surface area contributed by atoms with Crippen molar-refractivity contribution in [1.82, 2.24) is 20.7 Å². The molecule has 1 aromatic carbocycles. The first-order chi connectivity index (χ1) is 16.6. The van der Waals surface area contributed by atoms with Crippen LogP contribution in [0.2, 0.25) is 0 Å². The summed E-state index contributed by atoms with van der Waals surface area (Å²) < 4.78 is 5.55. The van der Waals surface area contributed by atoms with E-state index in [1.807, 2.05) is 25.5 Å². The molecule has 0 spiro atoms. The van der Waals surface area contributed by atoms with Crippen LogP contribution < -0.4 is 30.6 Å². The molecule has 0 saturated heterocycles. The Balaban J connectivity index is 1.49. The second-order valence-electron chi connectivity index (χ2n) is 8.85. The molecular formula is C24H32N8O2. The number of ether oxygens (including phenoxy) is 1. The first-order valence-electron chi connectivity index (χ1n) is 12.1. The first kappa shape index (κ1) is 22.2. The molecule has 34 heavy (non-hydrogen) atoms. The number of nitrogens with one attached hydrogen (secondary N) is 3. The smallest absolute Gasteiger partial charge is 0.251 e. The fourth-order valence-corrected chi connectivity index (χ4v) is 5.26. The van der Waals surface area contributed by atoms with Crippen LogP contribution in [0.1, 0.15) is 56.3 Å². The lowest BCUT2D eigenvalue weighted by Crippen LogP contribution is -2.60. The van der Waals surface area contributed by atoms with Gasteiger partial charge >= 0.3 is 0 Å². The molecule has 3 heterocycles. The van der Waals surface area contributed by atoms with E-state index in [-0.39, 0.29) is 18.1 Å². The van der Waals surface area contributed by atoms with E-state index in [2.05, 4.69) is 42.9 Å². The number of carbonyl (C=O) groups excluding carboxylic acids is 1. The van der Waals surface area contributed by atoms with Crippen molar-refractivity contribution in [1.29, 1.82) is 0 Å². The Kier molecular flexibility index (Phi) is 6.12. The number of nitrogens with zero attached hydrogens (tertiary/aromatic N) is 5. The first-order valence-corrected chi connectivity index (χ1v) is 12.1. The minimum absolute atomic E-state index is 0.0856. The summed E-state index contributed by atoms with van der Waals surface area (Å²) in [5.74, 6) is 1.84. The highest BCUT2D eigenvalue weighted by molar-refractivity contribution is 5.95. The Labute approximate surface area is 199 Å². The second kappa shape index (κ2) is 9.36. The Morgan fingerprint density at radius 2 is 2.09 bits per heavy atom. The minimum Gasteiger partial charge on any atom is -0.495 e. The SMILES string of the molecule is CCNC(=O)c1ccc(Nc2ncc3c(n2)N(C2CCCC2)C(CC)C2NN=CN32)c(OC)c1. The Hall–Kier alpha value is -3.56. The van der Waals surface area contributed by atoms with Gasteiger partial charge in [-0.2, -0.15) is 10.1 Å². The molecule has 0 radical (unpaired) electrons. The normalized spacial score (nSPS) is 21.1. The molecule has 2 aromatic rings. The van der Waals surface area contributed by atoms with Gasteiger partial charge in [-0.25, -0.2) is 4.98 Å². The summed E-state index contributed by atoms with van der Waals surface area (Å²) in [6, 6.07) is 6.03. The van der Waals surface area contributed by atoms with Gasteiger partial charge in [-0.3, -0.25) is 10.2 Å². The van der Waals surface area contributed by atoms with E-state index < -0.39 is 0 Å². The van der Waals surface area contributed by atoms with E-state index in [1.165, 1.54) is 25.7 Å². The summed E-state index contributed by atoms with van der Waals surface area (Å²) in [4.78, 5) is 26.5. The van der Waals surface area contributed by atoms with Crippen LogP contribution in [0.15, 0.2) is 29.5 Å². The molecule has 2 aliphatic heterocycles. The zero-order chi connectivity index (χ0) is 23.7. The number of hydrogen-bond donors (Lipinski definition) is 3. The predicted molar refractivity (Wildman–Crippen MR) is 133 cm³/mol. The average molecular weight is 465 g/mol. The van der Waals surface area contributed by atoms with Gasteiger partial charge in [0.25, 0.3) is 5.91 Å². The van der Waals surface area contributed by atoms with Crippen LogP contribution in [0, 0.1) is 0 Å². The molecule has 10 heteroatoms. The molecule has 1 aliphatic carbocycles. The number of fused-ring (bicyclic) bond motifs is 3. The van der Waals surface area contributed by atoms with Crippen LogP contribution in [-0.2, 0) is 0 Å². The number of carbonyl (C=O) groups is 1. The number of benzene rings is 1. The highest BCUT2D eigenvalue weighted by Crippen LogP contribution is 2.42. The Morgan fingerprint density at radius 1 is 1.26 bits per heavy atom. The van der Waals surface area contributed by atoms with Crippen molar-refractivity contribution in [2.75, 3.05) is 28.8 Å². The Morgan fingerprint density at radius 3 is 2.82 bits per heavy atom. The highest BCUT2D eigenvalue weighted by atomic mass is 16.5.